The molecule has 0 amide bonds. The molecule has 1 aliphatic heterocycles. The van der Waals surface area contributed by atoms with Crippen LogP contribution < -0.4 is 5.32 Å². The SMILES string of the molecule is C1=CC2CC1CC2CNCC(c1ccco1)N1CCCCC1. The van der Waals surface area contributed by atoms with Crippen LogP contribution >= 0.6 is 0 Å². The summed E-state index contributed by atoms with van der Waals surface area (Å²) in [5.41, 5.74) is 0. The number of allylic oxidation sites excluding steroid dienone is 2. The number of likely N-dealkylation sites (tertiary alicyclic amines) is 1. The van der Waals surface area contributed by atoms with Crippen LogP contribution in [0.3, 0.4) is 0 Å². The highest BCUT2D eigenvalue weighted by molar-refractivity contribution is 5.11. The summed E-state index contributed by atoms with van der Waals surface area (Å²) < 4.78 is 5.73. The molecule has 4 rings (SSSR count). The van der Waals surface area contributed by atoms with Gasteiger partial charge in [-0.15, -0.1) is 0 Å². The number of piperidine rings is 1. The molecule has 22 heavy (non-hydrogen) atoms. The largest absolute Gasteiger partial charge is 0.468 e. The molecule has 1 saturated heterocycles. The highest BCUT2D eigenvalue weighted by Crippen LogP contribution is 2.43. The Labute approximate surface area is 133 Å². The van der Waals surface area contributed by atoms with Crippen molar-refractivity contribution in [3.8, 4) is 0 Å². The van der Waals surface area contributed by atoms with Gasteiger partial charge in [-0.25, -0.2) is 0 Å². The Kier molecular flexibility index (Phi) is 4.35. The van der Waals surface area contributed by atoms with Crippen LogP contribution in [0.15, 0.2) is 35.0 Å². The Morgan fingerprint density at radius 3 is 2.77 bits per heavy atom. The van der Waals surface area contributed by atoms with Crippen molar-refractivity contribution < 1.29 is 4.42 Å². The van der Waals surface area contributed by atoms with Crippen LogP contribution in [0, 0.1) is 17.8 Å². The van der Waals surface area contributed by atoms with E-state index in [0.29, 0.717) is 6.04 Å². The minimum Gasteiger partial charge on any atom is -0.468 e. The highest BCUT2D eigenvalue weighted by atomic mass is 16.3. The maximum absolute atomic E-state index is 5.73. The molecule has 1 aromatic heterocycles. The Hall–Kier alpha value is -1.06. The number of hydrogen-bond acceptors (Lipinski definition) is 3. The standard InChI is InChI=1S/C19H28N2O/c1-2-8-21(9-3-1)18(19-5-4-10-22-19)14-20-13-17-12-15-6-7-16(17)11-15/h4-7,10,15-18,20H,1-3,8-9,11-14H2. The van der Waals surface area contributed by atoms with Gasteiger partial charge in [-0.2, -0.15) is 0 Å². The lowest BCUT2D eigenvalue weighted by molar-refractivity contribution is 0.141. The smallest absolute Gasteiger partial charge is 0.122 e. The van der Waals surface area contributed by atoms with Crippen molar-refractivity contribution in [2.45, 2.75) is 38.1 Å². The van der Waals surface area contributed by atoms with Gasteiger partial charge in [-0.1, -0.05) is 18.6 Å². The summed E-state index contributed by atoms with van der Waals surface area (Å²) >= 11 is 0. The highest BCUT2D eigenvalue weighted by Gasteiger charge is 2.35. The third kappa shape index (κ3) is 3.02. The maximum Gasteiger partial charge on any atom is 0.122 e. The molecule has 2 heterocycles. The van der Waals surface area contributed by atoms with Crippen molar-refractivity contribution in [2.75, 3.05) is 26.2 Å². The van der Waals surface area contributed by atoms with E-state index in [1.807, 2.05) is 12.3 Å². The number of furan rings is 1. The van der Waals surface area contributed by atoms with Gasteiger partial charge in [0.1, 0.15) is 5.76 Å². The molecule has 0 aromatic carbocycles. The number of fused-ring (bicyclic) bond motifs is 2. The monoisotopic (exact) mass is 300 g/mol. The molecule has 1 aromatic rings. The van der Waals surface area contributed by atoms with Gasteiger partial charge in [0.25, 0.3) is 0 Å². The third-order valence-corrected chi connectivity index (χ3v) is 5.86. The lowest BCUT2D eigenvalue weighted by Crippen LogP contribution is -2.40. The Morgan fingerprint density at radius 2 is 2.09 bits per heavy atom. The number of rotatable bonds is 6. The van der Waals surface area contributed by atoms with Crippen molar-refractivity contribution in [1.29, 1.82) is 0 Å². The molecule has 1 N–H and O–H groups in total. The molecular weight excluding hydrogens is 272 g/mol. The third-order valence-electron chi connectivity index (χ3n) is 5.86. The zero-order chi connectivity index (χ0) is 14.8. The molecule has 0 radical (unpaired) electrons. The molecule has 3 heteroatoms. The molecule has 2 aliphatic carbocycles. The van der Waals surface area contributed by atoms with E-state index in [1.54, 1.807) is 0 Å². The normalized spacial score (nSPS) is 32.6. The van der Waals surface area contributed by atoms with Gasteiger partial charge in [0.2, 0.25) is 0 Å². The lowest BCUT2D eigenvalue weighted by Gasteiger charge is -2.34. The van der Waals surface area contributed by atoms with Crippen LogP contribution in [-0.2, 0) is 0 Å². The van der Waals surface area contributed by atoms with Crippen LogP contribution in [0.25, 0.3) is 0 Å². The molecule has 2 bridgehead atoms. The first-order valence-corrected chi connectivity index (χ1v) is 9.06. The van der Waals surface area contributed by atoms with E-state index in [-0.39, 0.29) is 0 Å². The molecule has 4 atom stereocenters. The first-order valence-electron chi connectivity index (χ1n) is 9.06. The average Bonchev–Trinajstić information content (AvgIpc) is 3.30. The lowest BCUT2D eigenvalue weighted by atomic mass is 9.93. The topological polar surface area (TPSA) is 28.4 Å². The number of nitrogens with zero attached hydrogens (tertiary/aromatic N) is 1. The fourth-order valence-corrected chi connectivity index (χ4v) is 4.66. The Bertz CT molecular complexity index is 490. The maximum atomic E-state index is 5.73. The summed E-state index contributed by atoms with van der Waals surface area (Å²) in [5.74, 6) is 3.70. The minimum absolute atomic E-state index is 0.407. The van der Waals surface area contributed by atoms with Crippen molar-refractivity contribution in [2.24, 2.45) is 17.8 Å². The first-order chi connectivity index (χ1) is 10.9. The van der Waals surface area contributed by atoms with Gasteiger partial charge in [-0.3, -0.25) is 4.90 Å². The molecular formula is C19H28N2O. The van der Waals surface area contributed by atoms with Crippen LogP contribution in [0.4, 0.5) is 0 Å². The quantitative estimate of drug-likeness (QED) is 0.814. The van der Waals surface area contributed by atoms with E-state index < -0.39 is 0 Å². The summed E-state index contributed by atoms with van der Waals surface area (Å²) in [6.07, 6.45) is 13.5. The molecule has 4 unspecified atom stereocenters. The van der Waals surface area contributed by atoms with Gasteiger partial charge in [0, 0.05) is 6.54 Å². The molecule has 2 fully saturated rings. The zero-order valence-electron chi connectivity index (χ0n) is 13.4. The van der Waals surface area contributed by atoms with Crippen molar-refractivity contribution in [1.82, 2.24) is 10.2 Å². The van der Waals surface area contributed by atoms with E-state index >= 15 is 0 Å². The van der Waals surface area contributed by atoms with E-state index in [4.69, 9.17) is 4.42 Å². The Balaban J connectivity index is 1.33. The van der Waals surface area contributed by atoms with E-state index in [1.165, 1.54) is 45.2 Å². The van der Waals surface area contributed by atoms with E-state index in [9.17, 15) is 0 Å². The summed E-state index contributed by atoms with van der Waals surface area (Å²) in [5, 5.41) is 3.76. The first kappa shape index (κ1) is 14.5. The molecule has 120 valence electrons. The summed E-state index contributed by atoms with van der Waals surface area (Å²) in [4.78, 5) is 2.61. The summed E-state index contributed by atoms with van der Waals surface area (Å²) in [7, 11) is 0. The molecule has 1 saturated carbocycles. The van der Waals surface area contributed by atoms with Crippen molar-refractivity contribution in [3.63, 3.8) is 0 Å². The van der Waals surface area contributed by atoms with Crippen LogP contribution in [0.5, 0.6) is 0 Å². The predicted octanol–water partition coefficient (Wildman–Crippen LogP) is 3.61. The molecule has 3 nitrogen and oxygen atoms in total. The average molecular weight is 300 g/mol. The van der Waals surface area contributed by atoms with Crippen LogP contribution in [-0.4, -0.2) is 31.1 Å². The Morgan fingerprint density at radius 1 is 1.18 bits per heavy atom. The minimum atomic E-state index is 0.407. The van der Waals surface area contributed by atoms with E-state index in [2.05, 4.69) is 28.4 Å². The fraction of sp³-hybridized carbons (Fsp3) is 0.684. The van der Waals surface area contributed by atoms with Gasteiger partial charge < -0.3 is 9.73 Å². The van der Waals surface area contributed by atoms with Crippen LogP contribution in [0.1, 0.15) is 43.9 Å². The summed E-state index contributed by atoms with van der Waals surface area (Å²) in [6, 6.07) is 4.57. The van der Waals surface area contributed by atoms with Gasteiger partial charge in [-0.05, 0) is 75.2 Å². The second-order valence-corrected chi connectivity index (χ2v) is 7.33. The van der Waals surface area contributed by atoms with Gasteiger partial charge in [0.05, 0.1) is 12.3 Å². The molecule has 3 aliphatic rings. The van der Waals surface area contributed by atoms with Crippen molar-refractivity contribution >= 4 is 0 Å². The molecule has 0 spiro atoms. The second kappa shape index (κ2) is 6.59. The van der Waals surface area contributed by atoms with E-state index in [0.717, 1.165) is 36.6 Å². The second-order valence-electron chi connectivity index (χ2n) is 7.33. The predicted molar refractivity (Wildman–Crippen MR) is 88.6 cm³/mol. The van der Waals surface area contributed by atoms with Gasteiger partial charge in [0.15, 0.2) is 0 Å². The fourth-order valence-electron chi connectivity index (χ4n) is 4.66. The zero-order valence-corrected chi connectivity index (χ0v) is 13.4. The van der Waals surface area contributed by atoms with Gasteiger partial charge >= 0.3 is 0 Å². The number of hydrogen-bond donors (Lipinski definition) is 1. The van der Waals surface area contributed by atoms with Crippen LogP contribution in [0.2, 0.25) is 0 Å². The van der Waals surface area contributed by atoms with Crippen molar-refractivity contribution in [3.05, 3.63) is 36.3 Å². The number of nitrogens with one attached hydrogen (secondary N) is 1. The summed E-state index contributed by atoms with van der Waals surface area (Å²) in [6.45, 7) is 4.61.